The molecular weight excluding hydrogens is 307 g/mol. The smallest absolute Gasteiger partial charge is 0.308 e. The van der Waals surface area contributed by atoms with Crippen LogP contribution in [-0.2, 0) is 4.79 Å². The SMILES string of the molecule is Cc1ccc(NC(=O)N2C=CC(=O)C[C@H]2c2ccc(F)cc2)cc1. The van der Waals surface area contributed by atoms with Gasteiger partial charge in [-0.05, 0) is 42.8 Å². The van der Waals surface area contributed by atoms with E-state index in [1.54, 1.807) is 12.1 Å². The van der Waals surface area contributed by atoms with Gasteiger partial charge < -0.3 is 5.32 Å². The molecule has 1 N–H and O–H groups in total. The van der Waals surface area contributed by atoms with Gasteiger partial charge in [0.05, 0.1) is 6.04 Å². The van der Waals surface area contributed by atoms with Gasteiger partial charge in [0.1, 0.15) is 5.82 Å². The molecule has 3 rings (SSSR count). The molecule has 1 aliphatic heterocycles. The number of aryl methyl sites for hydroxylation is 1. The lowest BCUT2D eigenvalue weighted by molar-refractivity contribution is -0.116. The average Bonchev–Trinajstić information content (AvgIpc) is 2.57. The average molecular weight is 324 g/mol. The standard InChI is InChI=1S/C19H17FN2O2/c1-13-2-8-16(9-3-13)21-19(24)22-11-10-17(23)12-18(22)14-4-6-15(20)7-5-14/h2-11,18H,12H2,1H3,(H,21,24)/t18-/m0/s1. The number of hydrogen-bond donors (Lipinski definition) is 1. The first-order valence-electron chi connectivity index (χ1n) is 7.65. The number of ketones is 1. The molecule has 2 aromatic carbocycles. The van der Waals surface area contributed by atoms with Gasteiger partial charge in [0.25, 0.3) is 0 Å². The van der Waals surface area contributed by atoms with E-state index in [1.165, 1.54) is 29.3 Å². The molecule has 0 bridgehead atoms. The molecule has 0 saturated heterocycles. The number of hydrogen-bond acceptors (Lipinski definition) is 2. The Morgan fingerprint density at radius 2 is 1.79 bits per heavy atom. The number of allylic oxidation sites excluding steroid dienone is 1. The Labute approximate surface area is 139 Å². The lowest BCUT2D eigenvalue weighted by atomic mass is 9.97. The number of nitrogens with one attached hydrogen (secondary N) is 1. The number of benzene rings is 2. The van der Waals surface area contributed by atoms with Crippen LogP contribution in [0.2, 0.25) is 0 Å². The normalized spacial score (nSPS) is 17.0. The van der Waals surface area contributed by atoms with E-state index in [1.807, 2.05) is 31.2 Å². The van der Waals surface area contributed by atoms with Crippen molar-refractivity contribution in [3.05, 3.63) is 77.8 Å². The van der Waals surface area contributed by atoms with Crippen LogP contribution >= 0.6 is 0 Å². The molecule has 122 valence electrons. The summed E-state index contributed by atoms with van der Waals surface area (Å²) >= 11 is 0. The molecule has 4 nitrogen and oxygen atoms in total. The fourth-order valence-corrected chi connectivity index (χ4v) is 2.62. The zero-order valence-electron chi connectivity index (χ0n) is 13.2. The molecule has 0 fully saturated rings. The van der Waals surface area contributed by atoms with Gasteiger partial charge in [-0.3, -0.25) is 9.69 Å². The van der Waals surface area contributed by atoms with E-state index < -0.39 is 6.04 Å². The first kappa shape index (κ1) is 15.9. The highest BCUT2D eigenvalue weighted by molar-refractivity contribution is 5.96. The maximum absolute atomic E-state index is 13.1. The van der Waals surface area contributed by atoms with Crippen LogP contribution in [0.1, 0.15) is 23.6 Å². The first-order chi connectivity index (χ1) is 11.5. The minimum absolute atomic E-state index is 0.0660. The summed E-state index contributed by atoms with van der Waals surface area (Å²) in [5, 5.41) is 2.82. The second-order valence-electron chi connectivity index (χ2n) is 5.76. The van der Waals surface area contributed by atoms with Crippen molar-refractivity contribution in [3.63, 3.8) is 0 Å². The van der Waals surface area contributed by atoms with Crippen molar-refractivity contribution >= 4 is 17.5 Å². The Morgan fingerprint density at radius 1 is 1.12 bits per heavy atom. The van der Waals surface area contributed by atoms with Crippen LogP contribution in [0.4, 0.5) is 14.9 Å². The highest BCUT2D eigenvalue weighted by Gasteiger charge is 2.28. The van der Waals surface area contributed by atoms with Crippen LogP contribution in [0.5, 0.6) is 0 Å². The highest BCUT2D eigenvalue weighted by atomic mass is 19.1. The van der Waals surface area contributed by atoms with Crippen LogP contribution in [0.25, 0.3) is 0 Å². The van der Waals surface area contributed by atoms with Crippen molar-refractivity contribution in [2.24, 2.45) is 0 Å². The third-order valence-corrected chi connectivity index (χ3v) is 3.94. The van der Waals surface area contributed by atoms with E-state index in [-0.39, 0.29) is 24.1 Å². The van der Waals surface area contributed by atoms with Crippen molar-refractivity contribution in [2.75, 3.05) is 5.32 Å². The van der Waals surface area contributed by atoms with Crippen molar-refractivity contribution < 1.29 is 14.0 Å². The van der Waals surface area contributed by atoms with Gasteiger partial charge in [-0.2, -0.15) is 0 Å². The Bertz CT molecular complexity index is 782. The minimum Gasteiger partial charge on any atom is -0.308 e. The number of carbonyl (C=O) groups is 2. The van der Waals surface area contributed by atoms with Gasteiger partial charge in [0, 0.05) is 18.3 Å². The van der Waals surface area contributed by atoms with Gasteiger partial charge in [0.15, 0.2) is 5.78 Å². The number of nitrogens with zero attached hydrogens (tertiary/aromatic N) is 1. The molecule has 2 aromatic rings. The summed E-state index contributed by atoms with van der Waals surface area (Å²) < 4.78 is 13.1. The highest BCUT2D eigenvalue weighted by Crippen LogP contribution is 2.29. The molecule has 24 heavy (non-hydrogen) atoms. The van der Waals surface area contributed by atoms with Gasteiger partial charge in [-0.1, -0.05) is 29.8 Å². The number of urea groups is 1. The third kappa shape index (κ3) is 3.51. The second-order valence-corrected chi connectivity index (χ2v) is 5.76. The van der Waals surface area contributed by atoms with E-state index in [9.17, 15) is 14.0 Å². The number of amides is 2. The maximum atomic E-state index is 13.1. The summed E-state index contributed by atoms with van der Waals surface area (Å²) in [5.41, 5.74) is 2.49. The van der Waals surface area contributed by atoms with E-state index in [4.69, 9.17) is 0 Å². The minimum atomic E-state index is -0.450. The molecule has 0 radical (unpaired) electrons. The number of halogens is 1. The lowest BCUT2D eigenvalue weighted by Crippen LogP contribution is -2.37. The molecule has 0 saturated carbocycles. The Kier molecular flexibility index (Phi) is 4.42. The Morgan fingerprint density at radius 3 is 2.46 bits per heavy atom. The van der Waals surface area contributed by atoms with Crippen molar-refractivity contribution in [3.8, 4) is 0 Å². The lowest BCUT2D eigenvalue weighted by Gasteiger charge is -2.31. The summed E-state index contributed by atoms with van der Waals surface area (Å²) in [6.45, 7) is 1.97. The Hall–Kier alpha value is -2.95. The van der Waals surface area contributed by atoms with Crippen LogP contribution in [0.15, 0.2) is 60.8 Å². The van der Waals surface area contributed by atoms with Crippen molar-refractivity contribution in [2.45, 2.75) is 19.4 Å². The molecule has 0 aliphatic carbocycles. The van der Waals surface area contributed by atoms with E-state index in [2.05, 4.69) is 5.32 Å². The predicted molar refractivity (Wildman–Crippen MR) is 89.9 cm³/mol. The van der Waals surface area contributed by atoms with Crippen molar-refractivity contribution in [1.29, 1.82) is 0 Å². The predicted octanol–water partition coefficient (Wildman–Crippen LogP) is 4.20. The number of carbonyl (C=O) groups excluding carboxylic acids is 2. The fraction of sp³-hybridized carbons (Fsp3) is 0.158. The molecule has 2 amide bonds. The number of anilines is 1. The summed E-state index contributed by atoms with van der Waals surface area (Å²) in [6.07, 6.45) is 3.03. The van der Waals surface area contributed by atoms with Gasteiger partial charge >= 0.3 is 6.03 Å². The van der Waals surface area contributed by atoms with Crippen LogP contribution in [0.3, 0.4) is 0 Å². The van der Waals surface area contributed by atoms with Gasteiger partial charge in [-0.25, -0.2) is 9.18 Å². The largest absolute Gasteiger partial charge is 0.326 e. The van der Waals surface area contributed by atoms with Crippen LogP contribution in [-0.4, -0.2) is 16.7 Å². The third-order valence-electron chi connectivity index (χ3n) is 3.94. The molecule has 0 spiro atoms. The zero-order valence-corrected chi connectivity index (χ0v) is 13.2. The molecule has 0 aromatic heterocycles. The van der Waals surface area contributed by atoms with Gasteiger partial charge in [-0.15, -0.1) is 0 Å². The first-order valence-corrected chi connectivity index (χ1v) is 7.65. The molecule has 5 heteroatoms. The fourth-order valence-electron chi connectivity index (χ4n) is 2.62. The van der Waals surface area contributed by atoms with E-state index >= 15 is 0 Å². The summed E-state index contributed by atoms with van der Waals surface area (Å²) in [5.74, 6) is -0.421. The second kappa shape index (κ2) is 6.66. The Balaban J connectivity index is 1.83. The topological polar surface area (TPSA) is 49.4 Å². The van der Waals surface area contributed by atoms with E-state index in [0.29, 0.717) is 11.3 Å². The summed E-state index contributed by atoms with van der Waals surface area (Å²) in [7, 11) is 0. The monoisotopic (exact) mass is 324 g/mol. The molecular formula is C19H17FN2O2. The van der Waals surface area contributed by atoms with Crippen LogP contribution in [0, 0.1) is 12.7 Å². The summed E-state index contributed by atoms with van der Waals surface area (Å²) in [4.78, 5) is 25.8. The zero-order chi connectivity index (χ0) is 17.1. The maximum Gasteiger partial charge on any atom is 0.326 e. The van der Waals surface area contributed by atoms with Gasteiger partial charge in [0.2, 0.25) is 0 Å². The van der Waals surface area contributed by atoms with E-state index in [0.717, 1.165) is 5.56 Å². The molecule has 1 aliphatic rings. The summed E-state index contributed by atoms with van der Waals surface area (Å²) in [6, 6.07) is 12.5. The quantitative estimate of drug-likeness (QED) is 0.900. The number of rotatable bonds is 2. The van der Waals surface area contributed by atoms with Crippen LogP contribution < -0.4 is 5.32 Å². The molecule has 1 atom stereocenters. The molecule has 1 heterocycles. The van der Waals surface area contributed by atoms with Crippen molar-refractivity contribution in [1.82, 2.24) is 4.90 Å². The molecule has 0 unspecified atom stereocenters.